The van der Waals surface area contributed by atoms with Crippen molar-refractivity contribution >= 4 is 27.6 Å². The average molecular weight is 393 g/mol. The monoisotopic (exact) mass is 393 g/mol. The number of phenolic OH excluding ortho intramolecular Hbond substituents is 1. The number of hydrogen-bond donors (Lipinski definition) is 2. The lowest BCUT2D eigenvalue weighted by atomic mass is 9.97. The molecular weight excluding hydrogens is 373 g/mol. The van der Waals surface area contributed by atoms with E-state index in [2.05, 4.69) is 4.98 Å². The molecule has 0 unspecified atom stereocenters. The van der Waals surface area contributed by atoms with Gasteiger partial charge in [0, 0.05) is 44.3 Å². The van der Waals surface area contributed by atoms with E-state index in [1.165, 1.54) is 21.6 Å². The van der Waals surface area contributed by atoms with E-state index in [0.29, 0.717) is 22.8 Å². The van der Waals surface area contributed by atoms with Crippen LogP contribution in [-0.2, 0) is 13.5 Å². The minimum atomic E-state index is -0.305. The zero-order chi connectivity index (χ0) is 20.9. The first-order chi connectivity index (χ1) is 13.8. The zero-order valence-corrected chi connectivity index (χ0v) is 16.3. The molecule has 4 aromatic rings. The molecule has 0 fully saturated rings. The number of nitrogens with zero attached hydrogens (tertiary/aromatic N) is 3. The van der Waals surface area contributed by atoms with Crippen LogP contribution in [0.1, 0.15) is 21.5 Å². The van der Waals surface area contributed by atoms with Gasteiger partial charge in [0.15, 0.2) is 5.75 Å². The SMILES string of the molecule is CN(C)C(=O)c1c2cc(Cc3ccc(F)cc3)cnc2c(O)c2c(O)n(C)cc12. The molecule has 0 aliphatic carbocycles. The second kappa shape index (κ2) is 6.77. The Morgan fingerprint density at radius 1 is 1.14 bits per heavy atom. The molecule has 148 valence electrons. The normalized spacial score (nSPS) is 11.3. The minimum Gasteiger partial charge on any atom is -0.505 e. The predicted molar refractivity (Wildman–Crippen MR) is 109 cm³/mol. The number of rotatable bonds is 3. The number of aromatic hydroxyl groups is 2. The summed E-state index contributed by atoms with van der Waals surface area (Å²) in [6.45, 7) is 0. The average Bonchev–Trinajstić information content (AvgIpc) is 2.98. The van der Waals surface area contributed by atoms with E-state index in [9.17, 15) is 19.4 Å². The van der Waals surface area contributed by atoms with Gasteiger partial charge in [-0.2, -0.15) is 0 Å². The molecule has 29 heavy (non-hydrogen) atoms. The maximum absolute atomic E-state index is 13.2. The number of fused-ring (bicyclic) bond motifs is 2. The Bertz CT molecular complexity index is 1260. The number of aromatic nitrogens is 2. The van der Waals surface area contributed by atoms with E-state index in [1.54, 1.807) is 45.7 Å². The van der Waals surface area contributed by atoms with Crippen LogP contribution < -0.4 is 0 Å². The summed E-state index contributed by atoms with van der Waals surface area (Å²) in [6.07, 6.45) is 3.73. The topological polar surface area (TPSA) is 78.6 Å². The number of hydrogen-bond acceptors (Lipinski definition) is 4. The van der Waals surface area contributed by atoms with Gasteiger partial charge in [-0.3, -0.25) is 9.78 Å². The number of aryl methyl sites for hydroxylation is 1. The lowest BCUT2D eigenvalue weighted by Crippen LogP contribution is -2.22. The van der Waals surface area contributed by atoms with Crippen molar-refractivity contribution in [2.75, 3.05) is 14.1 Å². The second-order valence-corrected chi connectivity index (χ2v) is 7.32. The molecule has 4 rings (SSSR count). The van der Waals surface area contributed by atoms with Crippen molar-refractivity contribution in [1.82, 2.24) is 14.5 Å². The van der Waals surface area contributed by atoms with Gasteiger partial charge in [0.1, 0.15) is 11.3 Å². The number of pyridine rings is 1. The zero-order valence-electron chi connectivity index (χ0n) is 16.3. The fourth-order valence-corrected chi connectivity index (χ4v) is 3.58. The standard InChI is InChI=1S/C22H20FN3O3/c1-25(2)21(28)17-15-9-13(8-12-4-6-14(23)7-5-12)10-24-19(15)20(27)18-16(17)11-26(3)22(18)29/h4-7,9-11,27,29H,8H2,1-3H3. The van der Waals surface area contributed by atoms with Crippen LogP contribution in [-0.4, -0.2) is 44.7 Å². The Kier molecular flexibility index (Phi) is 4.38. The molecule has 2 aromatic heterocycles. The summed E-state index contributed by atoms with van der Waals surface area (Å²) in [6, 6.07) is 7.99. The molecule has 0 aliphatic rings. The van der Waals surface area contributed by atoms with Crippen molar-refractivity contribution in [1.29, 1.82) is 0 Å². The number of halogens is 1. The van der Waals surface area contributed by atoms with Gasteiger partial charge < -0.3 is 19.7 Å². The third kappa shape index (κ3) is 3.04. The highest BCUT2D eigenvalue weighted by Crippen LogP contribution is 2.42. The van der Waals surface area contributed by atoms with Crippen molar-refractivity contribution < 1.29 is 19.4 Å². The van der Waals surface area contributed by atoms with Gasteiger partial charge in [0.2, 0.25) is 5.88 Å². The second-order valence-electron chi connectivity index (χ2n) is 7.32. The molecule has 0 radical (unpaired) electrons. The maximum Gasteiger partial charge on any atom is 0.254 e. The molecule has 2 heterocycles. The first-order valence-corrected chi connectivity index (χ1v) is 9.05. The van der Waals surface area contributed by atoms with Gasteiger partial charge in [-0.15, -0.1) is 0 Å². The highest BCUT2D eigenvalue weighted by molar-refractivity contribution is 6.21. The van der Waals surface area contributed by atoms with E-state index in [0.717, 1.165) is 11.1 Å². The Hall–Kier alpha value is -3.61. The van der Waals surface area contributed by atoms with Gasteiger partial charge in [-0.05, 0) is 35.7 Å². The van der Waals surface area contributed by atoms with E-state index in [4.69, 9.17) is 0 Å². The predicted octanol–water partition coefficient (Wildman–Crippen LogP) is 3.57. The number of carbonyl (C=O) groups excluding carboxylic acids is 1. The van der Waals surface area contributed by atoms with Gasteiger partial charge in [0.25, 0.3) is 5.91 Å². The summed E-state index contributed by atoms with van der Waals surface area (Å²) < 4.78 is 14.6. The van der Waals surface area contributed by atoms with Gasteiger partial charge >= 0.3 is 0 Å². The van der Waals surface area contributed by atoms with E-state index in [-0.39, 0.29) is 34.3 Å². The van der Waals surface area contributed by atoms with Gasteiger partial charge in [0.05, 0.1) is 10.9 Å². The molecule has 2 aromatic carbocycles. The molecule has 0 bridgehead atoms. The summed E-state index contributed by atoms with van der Waals surface area (Å²) in [5, 5.41) is 22.3. The fraction of sp³-hybridized carbons (Fsp3) is 0.182. The highest BCUT2D eigenvalue weighted by atomic mass is 19.1. The number of benzene rings is 2. The third-order valence-corrected chi connectivity index (χ3v) is 5.04. The van der Waals surface area contributed by atoms with E-state index in [1.807, 2.05) is 6.07 Å². The fourth-order valence-electron chi connectivity index (χ4n) is 3.58. The van der Waals surface area contributed by atoms with Crippen LogP contribution in [0.3, 0.4) is 0 Å². The first-order valence-electron chi connectivity index (χ1n) is 9.05. The quantitative estimate of drug-likeness (QED) is 0.558. The largest absolute Gasteiger partial charge is 0.505 e. The van der Waals surface area contributed by atoms with Gasteiger partial charge in [-0.1, -0.05) is 12.1 Å². The molecule has 0 saturated heterocycles. The van der Waals surface area contributed by atoms with E-state index >= 15 is 0 Å². The summed E-state index contributed by atoms with van der Waals surface area (Å²) in [4.78, 5) is 18.8. The summed E-state index contributed by atoms with van der Waals surface area (Å²) in [5.41, 5.74) is 2.32. The molecule has 2 N–H and O–H groups in total. The van der Waals surface area contributed by atoms with Crippen LogP contribution in [0.5, 0.6) is 11.6 Å². The molecule has 0 saturated carbocycles. The number of phenols is 1. The van der Waals surface area contributed by atoms with Crippen molar-refractivity contribution in [3.63, 3.8) is 0 Å². The van der Waals surface area contributed by atoms with Crippen molar-refractivity contribution in [3.05, 3.63) is 65.2 Å². The van der Waals surface area contributed by atoms with Crippen molar-refractivity contribution in [3.8, 4) is 11.6 Å². The Labute approximate surface area is 166 Å². The number of carbonyl (C=O) groups is 1. The van der Waals surface area contributed by atoms with Gasteiger partial charge in [-0.25, -0.2) is 4.39 Å². The summed E-state index contributed by atoms with van der Waals surface area (Å²) in [7, 11) is 4.92. The van der Waals surface area contributed by atoms with Crippen LogP contribution in [0.25, 0.3) is 21.7 Å². The third-order valence-electron chi connectivity index (χ3n) is 5.04. The van der Waals surface area contributed by atoms with Crippen LogP contribution in [0.2, 0.25) is 0 Å². The molecule has 0 aliphatic heterocycles. The molecular formula is C22H20FN3O3. The molecule has 0 spiro atoms. The Morgan fingerprint density at radius 3 is 2.48 bits per heavy atom. The minimum absolute atomic E-state index is 0.135. The Morgan fingerprint density at radius 2 is 1.83 bits per heavy atom. The summed E-state index contributed by atoms with van der Waals surface area (Å²) in [5.74, 6) is -0.868. The van der Waals surface area contributed by atoms with Crippen molar-refractivity contribution in [2.45, 2.75) is 6.42 Å². The molecule has 6 nitrogen and oxygen atoms in total. The van der Waals surface area contributed by atoms with Crippen molar-refractivity contribution in [2.24, 2.45) is 7.05 Å². The maximum atomic E-state index is 13.2. The summed E-state index contributed by atoms with van der Waals surface area (Å²) >= 11 is 0. The van der Waals surface area contributed by atoms with Crippen LogP contribution in [0.15, 0.2) is 42.7 Å². The van der Waals surface area contributed by atoms with Crippen LogP contribution in [0.4, 0.5) is 4.39 Å². The Balaban J connectivity index is 1.99. The number of amides is 1. The lowest BCUT2D eigenvalue weighted by molar-refractivity contribution is 0.0831. The lowest BCUT2D eigenvalue weighted by Gasteiger charge is -2.15. The van der Waals surface area contributed by atoms with Crippen LogP contribution >= 0.6 is 0 Å². The highest BCUT2D eigenvalue weighted by Gasteiger charge is 2.25. The molecule has 1 amide bonds. The molecule has 7 heteroatoms. The first kappa shape index (κ1) is 18.7. The van der Waals surface area contributed by atoms with Crippen LogP contribution in [0, 0.1) is 5.82 Å². The smallest absolute Gasteiger partial charge is 0.254 e. The van der Waals surface area contributed by atoms with E-state index < -0.39 is 0 Å². The molecule has 0 atom stereocenters.